The quantitative estimate of drug-likeness (QED) is 0.804. The third-order valence-corrected chi connectivity index (χ3v) is 2.67. The standard InChI is InChI=1S/C15H14N4O/c1-11-4-5-12(3-2-7-16)9-14(11)19-15(20)13-6-8-17-18-10-13/h4-6,8-10H,7,16H2,1H3,(H,19,20). The molecule has 0 aliphatic carbocycles. The minimum Gasteiger partial charge on any atom is -0.322 e. The van der Waals surface area contributed by atoms with Crippen molar-refractivity contribution in [3.8, 4) is 11.8 Å². The van der Waals surface area contributed by atoms with Gasteiger partial charge in [-0.2, -0.15) is 10.2 Å². The Hall–Kier alpha value is -2.71. The second-order valence-corrected chi connectivity index (χ2v) is 4.12. The zero-order valence-electron chi connectivity index (χ0n) is 11.1. The van der Waals surface area contributed by atoms with Crippen LogP contribution in [0.5, 0.6) is 0 Å². The SMILES string of the molecule is Cc1ccc(C#CCN)cc1NC(=O)c1ccnnc1. The lowest BCUT2D eigenvalue weighted by atomic mass is 10.1. The van der Waals surface area contributed by atoms with Crippen LogP contribution in [0, 0.1) is 18.8 Å². The van der Waals surface area contributed by atoms with Gasteiger partial charge in [0.2, 0.25) is 0 Å². The number of nitrogens with one attached hydrogen (secondary N) is 1. The first kappa shape index (κ1) is 13.7. The Labute approximate surface area is 117 Å². The molecule has 5 heteroatoms. The fourth-order valence-corrected chi connectivity index (χ4v) is 1.61. The van der Waals surface area contributed by atoms with Gasteiger partial charge in [-0.05, 0) is 30.7 Å². The number of rotatable bonds is 2. The topological polar surface area (TPSA) is 80.9 Å². The Morgan fingerprint density at radius 2 is 2.20 bits per heavy atom. The average Bonchev–Trinajstić information content (AvgIpc) is 2.49. The van der Waals surface area contributed by atoms with E-state index in [0.29, 0.717) is 12.1 Å². The molecular weight excluding hydrogens is 252 g/mol. The molecule has 0 bridgehead atoms. The molecular formula is C15H14N4O. The molecule has 1 aromatic heterocycles. The molecule has 0 fully saturated rings. The molecule has 3 N–H and O–H groups in total. The van der Waals surface area contributed by atoms with E-state index in [4.69, 9.17) is 5.73 Å². The summed E-state index contributed by atoms with van der Waals surface area (Å²) in [5.41, 5.74) is 8.29. The molecule has 0 saturated carbocycles. The zero-order valence-corrected chi connectivity index (χ0v) is 11.1. The highest BCUT2D eigenvalue weighted by molar-refractivity contribution is 6.04. The molecule has 0 aliphatic rings. The smallest absolute Gasteiger partial charge is 0.257 e. The summed E-state index contributed by atoms with van der Waals surface area (Å²) in [7, 11) is 0. The van der Waals surface area contributed by atoms with E-state index in [1.165, 1.54) is 12.4 Å². The number of hydrogen-bond donors (Lipinski definition) is 2. The van der Waals surface area contributed by atoms with Crippen LogP contribution < -0.4 is 11.1 Å². The number of benzene rings is 1. The van der Waals surface area contributed by atoms with Crippen molar-refractivity contribution in [1.82, 2.24) is 10.2 Å². The molecule has 2 aromatic rings. The van der Waals surface area contributed by atoms with Gasteiger partial charge >= 0.3 is 0 Å². The van der Waals surface area contributed by atoms with Gasteiger partial charge in [0.15, 0.2) is 0 Å². The number of nitrogens with zero attached hydrogens (tertiary/aromatic N) is 2. The van der Waals surface area contributed by atoms with Gasteiger partial charge in [0.25, 0.3) is 5.91 Å². The maximum absolute atomic E-state index is 12.1. The van der Waals surface area contributed by atoms with Gasteiger partial charge in [-0.3, -0.25) is 4.79 Å². The summed E-state index contributed by atoms with van der Waals surface area (Å²) < 4.78 is 0. The summed E-state index contributed by atoms with van der Waals surface area (Å²) in [4.78, 5) is 12.1. The van der Waals surface area contributed by atoms with Crippen molar-refractivity contribution in [2.45, 2.75) is 6.92 Å². The lowest BCUT2D eigenvalue weighted by Crippen LogP contribution is -2.13. The van der Waals surface area contributed by atoms with Gasteiger partial charge in [0, 0.05) is 11.3 Å². The molecule has 0 unspecified atom stereocenters. The van der Waals surface area contributed by atoms with Crippen LogP contribution in [0.3, 0.4) is 0 Å². The zero-order chi connectivity index (χ0) is 14.4. The van der Waals surface area contributed by atoms with Gasteiger partial charge in [0.1, 0.15) is 0 Å². The van der Waals surface area contributed by atoms with E-state index in [1.54, 1.807) is 6.07 Å². The van der Waals surface area contributed by atoms with Crippen LogP contribution >= 0.6 is 0 Å². The summed E-state index contributed by atoms with van der Waals surface area (Å²) in [6, 6.07) is 7.23. The maximum atomic E-state index is 12.1. The van der Waals surface area contributed by atoms with Crippen molar-refractivity contribution in [2.75, 3.05) is 11.9 Å². The fraction of sp³-hybridized carbons (Fsp3) is 0.133. The molecule has 1 aromatic carbocycles. The number of amides is 1. The summed E-state index contributed by atoms with van der Waals surface area (Å²) in [6.45, 7) is 2.22. The van der Waals surface area contributed by atoms with Gasteiger partial charge < -0.3 is 11.1 Å². The van der Waals surface area contributed by atoms with Crippen molar-refractivity contribution in [1.29, 1.82) is 0 Å². The number of carbonyl (C=O) groups is 1. The van der Waals surface area contributed by atoms with Crippen molar-refractivity contribution < 1.29 is 4.79 Å². The van der Waals surface area contributed by atoms with E-state index in [2.05, 4.69) is 27.4 Å². The Balaban J connectivity index is 2.22. The molecule has 0 spiro atoms. The first-order chi connectivity index (χ1) is 9.70. The lowest BCUT2D eigenvalue weighted by molar-refractivity contribution is 0.102. The number of anilines is 1. The Morgan fingerprint density at radius 3 is 2.90 bits per heavy atom. The summed E-state index contributed by atoms with van der Waals surface area (Å²) in [6.07, 6.45) is 2.90. The molecule has 1 heterocycles. The van der Waals surface area contributed by atoms with E-state index in [1.807, 2.05) is 25.1 Å². The van der Waals surface area contributed by atoms with Crippen LogP contribution in [0.15, 0.2) is 36.7 Å². The first-order valence-electron chi connectivity index (χ1n) is 6.08. The molecule has 0 aliphatic heterocycles. The van der Waals surface area contributed by atoms with Crippen LogP contribution in [-0.4, -0.2) is 22.6 Å². The monoisotopic (exact) mass is 266 g/mol. The largest absolute Gasteiger partial charge is 0.322 e. The maximum Gasteiger partial charge on any atom is 0.257 e. The molecule has 100 valence electrons. The van der Waals surface area contributed by atoms with Gasteiger partial charge in [-0.15, -0.1) is 0 Å². The fourth-order valence-electron chi connectivity index (χ4n) is 1.61. The van der Waals surface area contributed by atoms with Crippen molar-refractivity contribution in [2.24, 2.45) is 5.73 Å². The second kappa shape index (κ2) is 6.45. The van der Waals surface area contributed by atoms with E-state index in [9.17, 15) is 4.79 Å². The Morgan fingerprint density at radius 1 is 1.35 bits per heavy atom. The van der Waals surface area contributed by atoms with E-state index < -0.39 is 0 Å². The highest BCUT2D eigenvalue weighted by Crippen LogP contribution is 2.17. The van der Waals surface area contributed by atoms with Crippen LogP contribution in [-0.2, 0) is 0 Å². The van der Waals surface area contributed by atoms with E-state index in [-0.39, 0.29) is 5.91 Å². The summed E-state index contributed by atoms with van der Waals surface area (Å²) >= 11 is 0. The third-order valence-electron chi connectivity index (χ3n) is 2.67. The lowest BCUT2D eigenvalue weighted by Gasteiger charge is -2.08. The van der Waals surface area contributed by atoms with Gasteiger partial charge in [-0.1, -0.05) is 17.9 Å². The molecule has 0 atom stereocenters. The number of hydrogen-bond acceptors (Lipinski definition) is 4. The molecule has 5 nitrogen and oxygen atoms in total. The van der Waals surface area contributed by atoms with Crippen molar-refractivity contribution >= 4 is 11.6 Å². The normalized spacial score (nSPS) is 9.50. The Bertz CT molecular complexity index is 671. The number of aryl methyl sites for hydroxylation is 1. The highest BCUT2D eigenvalue weighted by atomic mass is 16.1. The minimum absolute atomic E-state index is 0.230. The third kappa shape index (κ3) is 3.40. The van der Waals surface area contributed by atoms with Crippen LogP contribution in [0.25, 0.3) is 0 Å². The van der Waals surface area contributed by atoms with Crippen LogP contribution in [0.4, 0.5) is 5.69 Å². The molecule has 2 rings (SSSR count). The Kier molecular flexibility index (Phi) is 4.43. The number of carbonyl (C=O) groups excluding carboxylic acids is 1. The van der Waals surface area contributed by atoms with Gasteiger partial charge in [-0.25, -0.2) is 0 Å². The highest BCUT2D eigenvalue weighted by Gasteiger charge is 2.08. The van der Waals surface area contributed by atoms with Crippen LogP contribution in [0.2, 0.25) is 0 Å². The van der Waals surface area contributed by atoms with Crippen molar-refractivity contribution in [3.05, 3.63) is 53.3 Å². The van der Waals surface area contributed by atoms with Crippen LogP contribution in [0.1, 0.15) is 21.5 Å². The predicted octanol–water partition coefficient (Wildman–Crippen LogP) is 1.35. The summed E-state index contributed by atoms with van der Waals surface area (Å²) in [5.74, 6) is 5.49. The molecule has 0 saturated heterocycles. The second-order valence-electron chi connectivity index (χ2n) is 4.12. The summed E-state index contributed by atoms with van der Waals surface area (Å²) in [5, 5.41) is 10.2. The number of aromatic nitrogens is 2. The van der Waals surface area contributed by atoms with E-state index >= 15 is 0 Å². The average molecular weight is 266 g/mol. The predicted molar refractivity (Wildman–Crippen MR) is 77.1 cm³/mol. The van der Waals surface area contributed by atoms with Gasteiger partial charge in [0.05, 0.1) is 24.5 Å². The molecule has 0 radical (unpaired) electrons. The minimum atomic E-state index is -0.230. The molecule has 1 amide bonds. The first-order valence-corrected chi connectivity index (χ1v) is 6.08. The van der Waals surface area contributed by atoms with E-state index in [0.717, 1.165) is 16.8 Å². The molecule has 20 heavy (non-hydrogen) atoms. The van der Waals surface area contributed by atoms with Crippen molar-refractivity contribution in [3.63, 3.8) is 0 Å². The number of nitrogens with two attached hydrogens (primary N) is 1.